The summed E-state index contributed by atoms with van der Waals surface area (Å²) in [6, 6.07) is 10.0. The second-order valence-electron chi connectivity index (χ2n) is 7.50. The van der Waals surface area contributed by atoms with Crippen LogP contribution in [0.15, 0.2) is 45.6 Å². The Morgan fingerprint density at radius 1 is 1.28 bits per heavy atom. The molecule has 7 heteroatoms. The van der Waals surface area contributed by atoms with E-state index < -0.39 is 5.97 Å². The van der Waals surface area contributed by atoms with E-state index >= 15 is 0 Å². The lowest BCUT2D eigenvalue weighted by Crippen LogP contribution is -2.13. The van der Waals surface area contributed by atoms with Crippen LogP contribution in [0.5, 0.6) is 0 Å². The van der Waals surface area contributed by atoms with Gasteiger partial charge < -0.3 is 14.5 Å². The summed E-state index contributed by atoms with van der Waals surface area (Å²) in [6.45, 7) is 2.24. The molecule has 3 heterocycles. The zero-order chi connectivity index (χ0) is 20.1. The maximum absolute atomic E-state index is 12.8. The number of H-pyrrole nitrogens is 1. The van der Waals surface area contributed by atoms with Crippen LogP contribution in [-0.4, -0.2) is 21.0 Å². The summed E-state index contributed by atoms with van der Waals surface area (Å²) in [5.41, 5.74) is 1.85. The lowest BCUT2D eigenvalue weighted by Gasteiger charge is -2.17. The second-order valence-corrected chi connectivity index (χ2v) is 8.58. The lowest BCUT2D eigenvalue weighted by molar-refractivity contribution is 0.0697. The van der Waals surface area contributed by atoms with Gasteiger partial charge in [0.1, 0.15) is 10.6 Å². The fourth-order valence-electron chi connectivity index (χ4n) is 3.89. The van der Waals surface area contributed by atoms with Crippen LogP contribution < -0.4 is 5.56 Å². The van der Waals surface area contributed by atoms with Gasteiger partial charge in [-0.25, -0.2) is 9.78 Å². The van der Waals surface area contributed by atoms with E-state index in [9.17, 15) is 14.7 Å². The molecule has 1 atom stereocenters. The van der Waals surface area contributed by atoms with Crippen molar-refractivity contribution >= 4 is 27.5 Å². The van der Waals surface area contributed by atoms with Gasteiger partial charge in [0, 0.05) is 10.4 Å². The Morgan fingerprint density at radius 3 is 2.93 bits per heavy atom. The second kappa shape index (κ2) is 6.70. The van der Waals surface area contributed by atoms with Gasteiger partial charge in [0.2, 0.25) is 0 Å². The first-order chi connectivity index (χ1) is 14.0. The number of hydrogen-bond donors (Lipinski definition) is 2. The number of thiophene rings is 1. The molecule has 3 aromatic heterocycles. The van der Waals surface area contributed by atoms with Gasteiger partial charge in [-0.1, -0.05) is 19.1 Å². The number of carbonyl (C=O) groups is 1. The number of nitrogens with one attached hydrogen (secondary N) is 1. The Bertz CT molecular complexity index is 1310. The van der Waals surface area contributed by atoms with Crippen molar-refractivity contribution in [2.45, 2.75) is 26.2 Å². The molecule has 146 valence electrons. The van der Waals surface area contributed by atoms with Crippen LogP contribution in [0.3, 0.4) is 0 Å². The third-order valence-corrected chi connectivity index (χ3v) is 6.55. The Kier molecular flexibility index (Phi) is 4.13. The first-order valence-corrected chi connectivity index (χ1v) is 10.3. The number of hydrogen-bond acceptors (Lipinski definition) is 5. The number of benzene rings is 1. The van der Waals surface area contributed by atoms with E-state index in [1.165, 1.54) is 10.9 Å². The van der Waals surface area contributed by atoms with Crippen molar-refractivity contribution in [1.29, 1.82) is 0 Å². The van der Waals surface area contributed by atoms with Gasteiger partial charge in [-0.3, -0.25) is 4.79 Å². The number of aromatic carboxylic acids is 1. The Morgan fingerprint density at radius 2 is 2.10 bits per heavy atom. The zero-order valence-corrected chi connectivity index (χ0v) is 16.5. The molecule has 5 rings (SSSR count). The number of aromatic amines is 1. The van der Waals surface area contributed by atoms with Gasteiger partial charge in [-0.2, -0.15) is 0 Å². The van der Waals surface area contributed by atoms with E-state index in [2.05, 4.69) is 16.9 Å². The highest BCUT2D eigenvalue weighted by Gasteiger charge is 2.23. The molecule has 1 aliphatic rings. The number of aromatic nitrogens is 2. The van der Waals surface area contributed by atoms with E-state index in [1.807, 2.05) is 0 Å². The molecule has 0 saturated carbocycles. The molecule has 0 radical (unpaired) electrons. The maximum atomic E-state index is 12.8. The average molecular weight is 406 g/mol. The molecule has 0 bridgehead atoms. The maximum Gasteiger partial charge on any atom is 0.335 e. The molecule has 1 aliphatic carbocycles. The monoisotopic (exact) mass is 406 g/mol. The molecule has 0 spiro atoms. The Balaban J connectivity index is 1.56. The summed E-state index contributed by atoms with van der Waals surface area (Å²) in [5, 5.41) is 9.89. The highest BCUT2D eigenvalue weighted by molar-refractivity contribution is 7.18. The zero-order valence-electron chi connectivity index (χ0n) is 15.7. The molecule has 0 saturated heterocycles. The van der Waals surface area contributed by atoms with Crippen molar-refractivity contribution < 1.29 is 14.3 Å². The molecule has 0 aliphatic heterocycles. The summed E-state index contributed by atoms with van der Waals surface area (Å²) in [5.74, 6) is 0.980. The standard InChI is InChI=1S/C22H18N2O4S/c1-11-5-6-14-17(9-11)29-21-18(14)20(25)23-19(24-21)16-8-7-15(28-16)12-3-2-4-13(10-12)22(26)27/h2-4,7-8,10-11H,5-6,9H2,1H3,(H,26,27)(H,23,24,25)/t11-/m0/s1. The highest BCUT2D eigenvalue weighted by Crippen LogP contribution is 2.36. The number of carboxylic acids is 1. The van der Waals surface area contributed by atoms with Gasteiger partial charge >= 0.3 is 5.97 Å². The minimum Gasteiger partial charge on any atom is -0.478 e. The number of nitrogens with zero attached hydrogens (tertiary/aromatic N) is 1. The van der Waals surface area contributed by atoms with Crippen molar-refractivity contribution in [2.24, 2.45) is 5.92 Å². The van der Waals surface area contributed by atoms with Crippen molar-refractivity contribution in [3.8, 4) is 22.9 Å². The van der Waals surface area contributed by atoms with Crippen LogP contribution in [0.25, 0.3) is 33.1 Å². The smallest absolute Gasteiger partial charge is 0.335 e. The highest BCUT2D eigenvalue weighted by atomic mass is 32.1. The fraction of sp³-hybridized carbons (Fsp3) is 0.227. The predicted molar refractivity (Wildman–Crippen MR) is 112 cm³/mol. The quantitative estimate of drug-likeness (QED) is 0.512. The molecular weight excluding hydrogens is 388 g/mol. The minimum atomic E-state index is -0.994. The van der Waals surface area contributed by atoms with Crippen LogP contribution in [0, 0.1) is 5.92 Å². The number of rotatable bonds is 3. The van der Waals surface area contributed by atoms with E-state index in [0.29, 0.717) is 34.2 Å². The molecule has 0 unspecified atom stereocenters. The first-order valence-electron chi connectivity index (χ1n) is 9.48. The topological polar surface area (TPSA) is 96.2 Å². The number of furan rings is 1. The van der Waals surface area contributed by atoms with Gasteiger partial charge in [-0.05, 0) is 55.0 Å². The van der Waals surface area contributed by atoms with E-state index in [0.717, 1.165) is 29.7 Å². The Hall–Kier alpha value is -3.19. The molecule has 4 aromatic rings. The van der Waals surface area contributed by atoms with E-state index in [1.54, 1.807) is 41.7 Å². The molecule has 0 fully saturated rings. The molecule has 2 N–H and O–H groups in total. The minimum absolute atomic E-state index is 0.136. The normalized spacial score (nSPS) is 16.1. The summed E-state index contributed by atoms with van der Waals surface area (Å²) < 4.78 is 5.89. The largest absolute Gasteiger partial charge is 0.478 e. The summed E-state index contributed by atoms with van der Waals surface area (Å²) in [6.07, 6.45) is 3.01. The summed E-state index contributed by atoms with van der Waals surface area (Å²) in [7, 11) is 0. The molecular formula is C22H18N2O4S. The molecule has 0 amide bonds. The fourth-order valence-corrected chi connectivity index (χ4v) is 5.27. The summed E-state index contributed by atoms with van der Waals surface area (Å²) >= 11 is 1.60. The molecule has 1 aromatic carbocycles. The van der Waals surface area contributed by atoms with Crippen molar-refractivity contribution in [3.05, 3.63) is 62.8 Å². The SMILES string of the molecule is C[C@H]1CCc2c(sc3nc(-c4ccc(-c5cccc(C(=O)O)c5)o4)[nH]c(=O)c23)C1. The molecule has 6 nitrogen and oxygen atoms in total. The van der Waals surface area contributed by atoms with Gasteiger partial charge in [0.25, 0.3) is 5.56 Å². The van der Waals surface area contributed by atoms with Gasteiger partial charge in [-0.15, -0.1) is 11.3 Å². The predicted octanol–water partition coefficient (Wildman–Crippen LogP) is 4.73. The lowest BCUT2D eigenvalue weighted by atomic mass is 9.89. The third-order valence-electron chi connectivity index (χ3n) is 5.40. The van der Waals surface area contributed by atoms with Crippen molar-refractivity contribution in [2.75, 3.05) is 0 Å². The Labute approximate surface area is 169 Å². The van der Waals surface area contributed by atoms with Crippen LogP contribution in [0.1, 0.15) is 34.1 Å². The van der Waals surface area contributed by atoms with Crippen LogP contribution >= 0.6 is 11.3 Å². The molecule has 29 heavy (non-hydrogen) atoms. The van der Waals surface area contributed by atoms with E-state index in [4.69, 9.17) is 4.42 Å². The number of aryl methyl sites for hydroxylation is 1. The number of carboxylic acid groups (broad SMARTS) is 1. The first kappa shape index (κ1) is 17.9. The van der Waals surface area contributed by atoms with E-state index in [-0.39, 0.29) is 11.1 Å². The van der Waals surface area contributed by atoms with Crippen molar-refractivity contribution in [3.63, 3.8) is 0 Å². The van der Waals surface area contributed by atoms with Crippen LogP contribution in [0.2, 0.25) is 0 Å². The van der Waals surface area contributed by atoms with Gasteiger partial charge in [0.05, 0.1) is 10.9 Å². The summed E-state index contributed by atoms with van der Waals surface area (Å²) in [4.78, 5) is 33.5. The third kappa shape index (κ3) is 3.07. The number of fused-ring (bicyclic) bond motifs is 3. The van der Waals surface area contributed by atoms with Gasteiger partial charge in [0.15, 0.2) is 11.6 Å². The van der Waals surface area contributed by atoms with Crippen LogP contribution in [-0.2, 0) is 12.8 Å². The average Bonchev–Trinajstić information content (AvgIpc) is 3.32. The van der Waals surface area contributed by atoms with Crippen LogP contribution in [0.4, 0.5) is 0 Å². The van der Waals surface area contributed by atoms with Crippen molar-refractivity contribution in [1.82, 2.24) is 9.97 Å².